The van der Waals surface area contributed by atoms with Crippen LogP contribution >= 0.6 is 11.6 Å². The number of halogens is 1. The standard InChI is InChI=1S/C15H22ClN5/c1-3-12-15(16)13(21(4-2)19-12)10-20-8-7-17-14(20)9-18-11-5-6-11/h7-8,11,18H,3-6,9-10H2,1-2H3. The summed E-state index contributed by atoms with van der Waals surface area (Å²) in [6, 6.07) is 0.687. The Bertz CT molecular complexity index is 612. The minimum atomic E-state index is 0.687. The van der Waals surface area contributed by atoms with E-state index in [9.17, 15) is 0 Å². The molecule has 2 aromatic rings. The number of nitrogens with one attached hydrogen (secondary N) is 1. The Morgan fingerprint density at radius 2 is 2.19 bits per heavy atom. The lowest BCUT2D eigenvalue weighted by atomic mass is 10.3. The number of aryl methyl sites for hydroxylation is 2. The molecule has 0 spiro atoms. The zero-order valence-corrected chi connectivity index (χ0v) is 13.4. The molecule has 21 heavy (non-hydrogen) atoms. The molecule has 0 saturated heterocycles. The van der Waals surface area contributed by atoms with Crippen molar-refractivity contribution in [2.75, 3.05) is 0 Å². The normalized spacial score (nSPS) is 14.8. The summed E-state index contributed by atoms with van der Waals surface area (Å²) in [6.45, 7) is 6.55. The van der Waals surface area contributed by atoms with Crippen LogP contribution in [0.25, 0.3) is 0 Å². The van der Waals surface area contributed by atoms with Crippen molar-refractivity contribution in [3.63, 3.8) is 0 Å². The third kappa shape index (κ3) is 3.14. The first-order valence-electron chi connectivity index (χ1n) is 7.70. The number of aromatic nitrogens is 4. The van der Waals surface area contributed by atoms with Crippen LogP contribution in [0.5, 0.6) is 0 Å². The molecule has 2 heterocycles. The van der Waals surface area contributed by atoms with Gasteiger partial charge < -0.3 is 9.88 Å². The van der Waals surface area contributed by atoms with Gasteiger partial charge in [0, 0.05) is 25.0 Å². The summed E-state index contributed by atoms with van der Waals surface area (Å²) in [5, 5.41) is 8.88. The third-order valence-corrected chi connectivity index (χ3v) is 4.38. The van der Waals surface area contributed by atoms with Gasteiger partial charge in [-0.15, -0.1) is 0 Å². The average molecular weight is 308 g/mol. The molecule has 0 bridgehead atoms. The minimum absolute atomic E-state index is 0.687. The molecule has 0 unspecified atom stereocenters. The van der Waals surface area contributed by atoms with E-state index in [1.54, 1.807) is 0 Å². The van der Waals surface area contributed by atoms with Crippen LogP contribution in [0.15, 0.2) is 12.4 Å². The molecule has 0 aliphatic heterocycles. The van der Waals surface area contributed by atoms with E-state index in [1.165, 1.54) is 12.8 Å². The Hall–Kier alpha value is -1.33. The van der Waals surface area contributed by atoms with E-state index >= 15 is 0 Å². The Balaban J connectivity index is 1.79. The van der Waals surface area contributed by atoms with Gasteiger partial charge in [0.25, 0.3) is 0 Å². The molecule has 1 saturated carbocycles. The monoisotopic (exact) mass is 307 g/mol. The smallest absolute Gasteiger partial charge is 0.123 e. The highest BCUT2D eigenvalue weighted by molar-refractivity contribution is 6.31. The van der Waals surface area contributed by atoms with Gasteiger partial charge in [0.15, 0.2) is 0 Å². The van der Waals surface area contributed by atoms with Crippen molar-refractivity contribution in [3.05, 3.63) is 34.6 Å². The molecule has 0 radical (unpaired) electrons. The van der Waals surface area contributed by atoms with E-state index in [2.05, 4.69) is 33.8 Å². The number of nitrogens with zero attached hydrogens (tertiary/aromatic N) is 4. The van der Waals surface area contributed by atoms with Crippen LogP contribution < -0.4 is 5.32 Å². The second kappa shape index (κ2) is 6.20. The molecular weight excluding hydrogens is 286 g/mol. The molecule has 0 aromatic carbocycles. The summed E-state index contributed by atoms with van der Waals surface area (Å²) in [5.41, 5.74) is 2.05. The number of imidazole rings is 1. The predicted molar refractivity (Wildman–Crippen MR) is 83.5 cm³/mol. The fraction of sp³-hybridized carbons (Fsp3) is 0.600. The van der Waals surface area contributed by atoms with Gasteiger partial charge in [-0.25, -0.2) is 4.98 Å². The minimum Gasteiger partial charge on any atom is -0.328 e. The van der Waals surface area contributed by atoms with E-state index < -0.39 is 0 Å². The van der Waals surface area contributed by atoms with Crippen molar-refractivity contribution < 1.29 is 0 Å². The van der Waals surface area contributed by atoms with E-state index in [-0.39, 0.29) is 0 Å². The van der Waals surface area contributed by atoms with Gasteiger partial charge in [-0.3, -0.25) is 4.68 Å². The van der Waals surface area contributed by atoms with E-state index in [1.807, 2.05) is 17.1 Å². The molecule has 2 aromatic heterocycles. The molecular formula is C15H22ClN5. The lowest BCUT2D eigenvalue weighted by molar-refractivity contribution is 0.571. The second-order valence-corrected chi connectivity index (χ2v) is 5.88. The molecule has 1 aliphatic carbocycles. The third-order valence-electron chi connectivity index (χ3n) is 3.94. The SMILES string of the molecule is CCc1nn(CC)c(Cn2ccnc2CNC2CC2)c1Cl. The van der Waals surface area contributed by atoms with Gasteiger partial charge in [-0.05, 0) is 26.2 Å². The fourth-order valence-electron chi connectivity index (χ4n) is 2.50. The van der Waals surface area contributed by atoms with Crippen molar-refractivity contribution in [2.24, 2.45) is 0 Å². The molecule has 5 nitrogen and oxygen atoms in total. The van der Waals surface area contributed by atoms with Gasteiger partial charge in [0.1, 0.15) is 5.82 Å². The number of hydrogen-bond acceptors (Lipinski definition) is 3. The Morgan fingerprint density at radius 3 is 2.86 bits per heavy atom. The first kappa shape index (κ1) is 14.6. The predicted octanol–water partition coefficient (Wildman–Crippen LogP) is 2.62. The molecule has 114 valence electrons. The summed E-state index contributed by atoms with van der Waals surface area (Å²) < 4.78 is 4.16. The van der Waals surface area contributed by atoms with Gasteiger partial charge >= 0.3 is 0 Å². The van der Waals surface area contributed by atoms with Gasteiger partial charge in [-0.2, -0.15) is 5.10 Å². The summed E-state index contributed by atoms with van der Waals surface area (Å²) in [7, 11) is 0. The maximum absolute atomic E-state index is 6.48. The second-order valence-electron chi connectivity index (χ2n) is 5.50. The van der Waals surface area contributed by atoms with Crippen LogP contribution in [0.4, 0.5) is 0 Å². The zero-order valence-electron chi connectivity index (χ0n) is 12.6. The Kier molecular flexibility index (Phi) is 4.31. The average Bonchev–Trinajstić information content (AvgIpc) is 3.14. The largest absolute Gasteiger partial charge is 0.328 e. The van der Waals surface area contributed by atoms with Crippen LogP contribution in [0.2, 0.25) is 5.02 Å². The molecule has 1 aliphatic rings. The highest BCUT2D eigenvalue weighted by atomic mass is 35.5. The van der Waals surface area contributed by atoms with Crippen LogP contribution in [0, 0.1) is 0 Å². The van der Waals surface area contributed by atoms with Crippen molar-refractivity contribution in [1.29, 1.82) is 0 Å². The van der Waals surface area contributed by atoms with Gasteiger partial charge in [0.05, 0.1) is 29.5 Å². The first-order chi connectivity index (χ1) is 10.2. The van der Waals surface area contributed by atoms with Crippen molar-refractivity contribution in [2.45, 2.75) is 58.8 Å². The molecule has 0 amide bonds. The Labute approximate surface area is 130 Å². The fourth-order valence-corrected chi connectivity index (χ4v) is 2.83. The highest BCUT2D eigenvalue weighted by Crippen LogP contribution is 2.23. The van der Waals surface area contributed by atoms with Crippen molar-refractivity contribution >= 4 is 11.6 Å². The van der Waals surface area contributed by atoms with E-state index in [0.717, 1.165) is 48.3 Å². The van der Waals surface area contributed by atoms with Crippen LogP contribution in [0.3, 0.4) is 0 Å². The zero-order chi connectivity index (χ0) is 14.8. The van der Waals surface area contributed by atoms with E-state index in [0.29, 0.717) is 6.04 Å². The molecule has 0 atom stereocenters. The topological polar surface area (TPSA) is 47.7 Å². The Morgan fingerprint density at radius 1 is 1.38 bits per heavy atom. The maximum Gasteiger partial charge on any atom is 0.123 e. The molecule has 1 fully saturated rings. The maximum atomic E-state index is 6.48. The lowest BCUT2D eigenvalue weighted by Gasteiger charge is -2.10. The number of hydrogen-bond donors (Lipinski definition) is 1. The number of rotatable bonds is 7. The van der Waals surface area contributed by atoms with Crippen LogP contribution in [-0.4, -0.2) is 25.4 Å². The summed E-state index contributed by atoms with van der Waals surface area (Å²) in [5.74, 6) is 1.06. The van der Waals surface area contributed by atoms with Crippen LogP contribution in [-0.2, 0) is 26.1 Å². The highest BCUT2D eigenvalue weighted by Gasteiger charge is 2.21. The summed E-state index contributed by atoms with van der Waals surface area (Å²) in [6.07, 6.45) is 7.30. The van der Waals surface area contributed by atoms with Crippen molar-refractivity contribution in [1.82, 2.24) is 24.6 Å². The lowest BCUT2D eigenvalue weighted by Crippen LogP contribution is -2.19. The molecule has 6 heteroatoms. The van der Waals surface area contributed by atoms with Gasteiger partial charge in [0.2, 0.25) is 0 Å². The van der Waals surface area contributed by atoms with E-state index in [4.69, 9.17) is 11.6 Å². The van der Waals surface area contributed by atoms with Crippen molar-refractivity contribution in [3.8, 4) is 0 Å². The first-order valence-corrected chi connectivity index (χ1v) is 8.08. The summed E-state index contributed by atoms with van der Waals surface area (Å²) >= 11 is 6.48. The molecule has 3 rings (SSSR count). The van der Waals surface area contributed by atoms with Crippen LogP contribution in [0.1, 0.15) is 43.9 Å². The van der Waals surface area contributed by atoms with Gasteiger partial charge in [-0.1, -0.05) is 18.5 Å². The molecule has 1 N–H and O–H groups in total. The quantitative estimate of drug-likeness (QED) is 0.855. The summed E-state index contributed by atoms with van der Waals surface area (Å²) in [4.78, 5) is 4.45.